The molecule has 4 aromatic rings. The van der Waals surface area contributed by atoms with Gasteiger partial charge in [-0.05, 0) is 61.0 Å². The van der Waals surface area contributed by atoms with Crippen LogP contribution in [-0.4, -0.2) is 49.9 Å². The van der Waals surface area contributed by atoms with Crippen LogP contribution in [-0.2, 0) is 16.0 Å². The molecule has 6 rings (SSSR count). The van der Waals surface area contributed by atoms with Gasteiger partial charge < -0.3 is 30.0 Å². The van der Waals surface area contributed by atoms with Gasteiger partial charge in [-0.15, -0.1) is 0 Å². The Hall–Kier alpha value is -3.28. The van der Waals surface area contributed by atoms with Crippen molar-refractivity contribution < 1.29 is 9.47 Å². The zero-order valence-corrected chi connectivity index (χ0v) is 25.4. The number of pyridine rings is 2. The van der Waals surface area contributed by atoms with E-state index in [1.165, 1.54) is 25.1 Å². The molecule has 0 amide bonds. The minimum atomic E-state index is -0.108. The van der Waals surface area contributed by atoms with Gasteiger partial charge in [0, 0.05) is 64.8 Å². The molecule has 3 N–H and O–H groups in total. The lowest BCUT2D eigenvalue weighted by atomic mass is 10.1. The molecule has 8 nitrogen and oxygen atoms in total. The Kier molecular flexibility index (Phi) is 9.16. The molecule has 2 aliphatic rings. The van der Waals surface area contributed by atoms with Crippen LogP contribution in [0.15, 0.2) is 97.3 Å². The van der Waals surface area contributed by atoms with Crippen molar-refractivity contribution in [2.75, 3.05) is 50.2 Å². The fourth-order valence-electron chi connectivity index (χ4n) is 5.24. The van der Waals surface area contributed by atoms with E-state index in [0.29, 0.717) is 38.5 Å². The van der Waals surface area contributed by atoms with Crippen molar-refractivity contribution in [2.45, 2.75) is 45.2 Å². The number of nitrogens with one attached hydrogen (secondary N) is 3. The number of hydrogen-bond acceptors (Lipinski definition) is 9. The summed E-state index contributed by atoms with van der Waals surface area (Å²) >= 11 is 3.59. The molecule has 2 aliphatic heterocycles. The number of nitrogens with zero attached hydrogens (tertiary/aromatic N) is 2. The summed E-state index contributed by atoms with van der Waals surface area (Å²) in [5.74, 6) is 0. The van der Waals surface area contributed by atoms with Crippen LogP contribution < -0.4 is 21.1 Å². The van der Waals surface area contributed by atoms with Crippen LogP contribution in [0.4, 0.5) is 11.4 Å². The van der Waals surface area contributed by atoms with Crippen LogP contribution in [0.3, 0.4) is 0 Å². The average Bonchev–Trinajstić information content (AvgIpc) is 3.02. The number of benzene rings is 2. The Morgan fingerprint density at radius 3 is 2.88 bits per heavy atom. The summed E-state index contributed by atoms with van der Waals surface area (Å²) in [6, 6.07) is 23.0. The fraction of sp³-hybridized carbons (Fsp3) is 0.312. The van der Waals surface area contributed by atoms with E-state index < -0.39 is 0 Å². The van der Waals surface area contributed by atoms with E-state index in [0.717, 1.165) is 23.6 Å². The molecule has 0 saturated carbocycles. The molecule has 1 saturated heterocycles. The van der Waals surface area contributed by atoms with Crippen molar-refractivity contribution in [3.8, 4) is 0 Å². The first kappa shape index (κ1) is 28.8. The number of hydrogen-bond donors (Lipinski definition) is 3. The summed E-state index contributed by atoms with van der Waals surface area (Å²) in [5, 5.41) is 7.01. The topological polar surface area (TPSA) is 91.5 Å². The quantitative estimate of drug-likeness (QED) is 0.170. The van der Waals surface area contributed by atoms with Crippen LogP contribution in [0.1, 0.15) is 36.0 Å². The normalized spacial score (nSPS) is 16.9. The molecular formula is C32H35N5O3S2. The Labute approximate surface area is 254 Å². The molecule has 218 valence electrons. The first-order chi connectivity index (χ1) is 20.6. The third-order valence-corrected chi connectivity index (χ3v) is 9.99. The highest BCUT2D eigenvalue weighted by Gasteiger charge is 2.29. The molecule has 4 heterocycles. The van der Waals surface area contributed by atoms with Crippen LogP contribution >= 0.6 is 23.5 Å². The van der Waals surface area contributed by atoms with Gasteiger partial charge in [0.15, 0.2) is 0 Å². The van der Waals surface area contributed by atoms with Crippen molar-refractivity contribution in [3.63, 3.8) is 0 Å². The van der Waals surface area contributed by atoms with E-state index in [1.54, 1.807) is 36.8 Å². The number of methoxy groups -OCH3 is 1. The van der Waals surface area contributed by atoms with Crippen molar-refractivity contribution >= 4 is 34.9 Å². The summed E-state index contributed by atoms with van der Waals surface area (Å²) in [5.41, 5.74) is 4.89. The van der Waals surface area contributed by atoms with Crippen molar-refractivity contribution in [1.82, 2.24) is 15.3 Å². The predicted octanol–water partition coefficient (Wildman–Crippen LogP) is 5.87. The Morgan fingerprint density at radius 1 is 1.10 bits per heavy atom. The van der Waals surface area contributed by atoms with Crippen LogP contribution in [0.2, 0.25) is 0 Å². The molecular weight excluding hydrogens is 567 g/mol. The summed E-state index contributed by atoms with van der Waals surface area (Å²) < 4.78 is 11.4. The van der Waals surface area contributed by atoms with Gasteiger partial charge in [0.1, 0.15) is 11.8 Å². The number of fused-ring (bicyclic) bond motifs is 2. The zero-order chi connectivity index (χ0) is 28.9. The molecule has 0 aliphatic carbocycles. The van der Waals surface area contributed by atoms with E-state index in [2.05, 4.69) is 76.0 Å². The maximum atomic E-state index is 12.4. The van der Waals surface area contributed by atoms with Gasteiger partial charge in [-0.25, -0.2) is 0 Å². The van der Waals surface area contributed by atoms with Gasteiger partial charge in [-0.2, -0.15) is 0 Å². The second-order valence-electron chi connectivity index (χ2n) is 10.3. The molecule has 10 heteroatoms. The van der Waals surface area contributed by atoms with Gasteiger partial charge >= 0.3 is 0 Å². The van der Waals surface area contributed by atoms with Gasteiger partial charge in [-0.3, -0.25) is 9.78 Å². The Bertz CT molecular complexity index is 1600. The third kappa shape index (κ3) is 6.53. The first-order valence-electron chi connectivity index (χ1n) is 14.2. The van der Waals surface area contributed by atoms with Crippen LogP contribution in [0.25, 0.3) is 0 Å². The van der Waals surface area contributed by atoms with Crippen LogP contribution in [0, 0.1) is 0 Å². The summed E-state index contributed by atoms with van der Waals surface area (Å²) in [6.07, 6.45) is 1.56. The minimum Gasteiger partial charge on any atom is -0.383 e. The standard InChI is InChI=1S/C32H35N5O3S2/c1-21(25-8-3-6-23(36-25)19-33-14-16-39-2)35-22-11-12-28-30(18-22)41-29-10-4-7-24(31(29)42-28)27-20-37(15-17-40-27)26-9-5-13-34-32(26)38/h3-13,18,21,27,33,35H,14-17,19-20H2,1-2H3,(H,34,38). The summed E-state index contributed by atoms with van der Waals surface area (Å²) in [6.45, 7) is 6.25. The van der Waals surface area contributed by atoms with E-state index in [4.69, 9.17) is 14.5 Å². The van der Waals surface area contributed by atoms with Gasteiger partial charge in [0.2, 0.25) is 0 Å². The van der Waals surface area contributed by atoms with Crippen molar-refractivity contribution in [3.05, 3.63) is 100 Å². The number of aromatic amines is 1. The lowest BCUT2D eigenvalue weighted by Gasteiger charge is -2.35. The minimum absolute atomic E-state index is 0.0605. The monoisotopic (exact) mass is 601 g/mol. The summed E-state index contributed by atoms with van der Waals surface area (Å²) in [4.78, 5) is 27.1. The van der Waals surface area contributed by atoms with Gasteiger partial charge in [0.25, 0.3) is 5.56 Å². The van der Waals surface area contributed by atoms with E-state index in [9.17, 15) is 4.79 Å². The third-order valence-electron chi connectivity index (χ3n) is 7.38. The maximum absolute atomic E-state index is 12.4. The van der Waals surface area contributed by atoms with E-state index in [-0.39, 0.29) is 17.7 Å². The number of morpholine rings is 1. The van der Waals surface area contributed by atoms with Crippen LogP contribution in [0.5, 0.6) is 0 Å². The highest BCUT2D eigenvalue weighted by Crippen LogP contribution is 2.52. The number of anilines is 2. The fourth-order valence-corrected chi connectivity index (χ4v) is 7.69. The van der Waals surface area contributed by atoms with Crippen molar-refractivity contribution in [2.24, 2.45) is 0 Å². The molecule has 2 aromatic heterocycles. The number of H-pyrrole nitrogens is 1. The van der Waals surface area contributed by atoms with Gasteiger partial charge in [-0.1, -0.05) is 41.7 Å². The van der Waals surface area contributed by atoms with E-state index >= 15 is 0 Å². The smallest absolute Gasteiger partial charge is 0.271 e. The predicted molar refractivity (Wildman–Crippen MR) is 169 cm³/mol. The molecule has 1 fully saturated rings. The Morgan fingerprint density at radius 2 is 2.00 bits per heavy atom. The highest BCUT2D eigenvalue weighted by atomic mass is 32.2. The molecule has 0 spiro atoms. The molecule has 0 radical (unpaired) electrons. The second-order valence-corrected chi connectivity index (χ2v) is 12.5. The maximum Gasteiger partial charge on any atom is 0.271 e. The lowest BCUT2D eigenvalue weighted by Crippen LogP contribution is -2.41. The Balaban J connectivity index is 1.15. The molecule has 42 heavy (non-hydrogen) atoms. The molecule has 0 bridgehead atoms. The lowest BCUT2D eigenvalue weighted by molar-refractivity contribution is 0.0378. The SMILES string of the molecule is COCCNCc1cccc(C(C)Nc2ccc3c(c2)Sc2cccc(C4CN(c5ccc[nH]c5=O)CCO4)c2S3)n1. The molecule has 2 aromatic carbocycles. The molecule has 2 unspecified atom stereocenters. The molecule has 2 atom stereocenters. The summed E-state index contributed by atoms with van der Waals surface area (Å²) in [7, 11) is 1.71. The highest BCUT2D eigenvalue weighted by molar-refractivity contribution is 8.05. The van der Waals surface area contributed by atoms with E-state index in [1.807, 2.05) is 18.2 Å². The first-order valence-corrected chi connectivity index (χ1v) is 15.8. The average molecular weight is 602 g/mol. The van der Waals surface area contributed by atoms with Gasteiger partial charge in [0.05, 0.1) is 30.6 Å². The second kappa shape index (κ2) is 13.4. The number of rotatable bonds is 10. The number of aromatic nitrogens is 2. The zero-order valence-electron chi connectivity index (χ0n) is 23.8. The van der Waals surface area contributed by atoms with Crippen molar-refractivity contribution in [1.29, 1.82) is 0 Å². The number of ether oxygens (including phenoxy) is 2. The largest absolute Gasteiger partial charge is 0.383 e.